The number of benzene rings is 1. The van der Waals surface area contributed by atoms with Crippen LogP contribution in [0.25, 0.3) is 10.9 Å². The topological polar surface area (TPSA) is 85.4 Å². The Bertz CT molecular complexity index is 678. The molecule has 19 heavy (non-hydrogen) atoms. The minimum absolute atomic E-state index is 0.131. The van der Waals surface area contributed by atoms with Gasteiger partial charge in [-0.1, -0.05) is 0 Å². The highest BCUT2D eigenvalue weighted by Crippen LogP contribution is 2.31. The number of non-ortho nitro benzene ring substituents is 1. The standard InChI is InChI=1S/C12H11FN2O4/c1-14-6-7(2-3-11(16)17)12-9(14)4-8(13)5-10(12)15(18)19/h4-6H,2-3H2,1H3,(H,16,17). The Balaban J connectivity index is 2.65. The van der Waals surface area contributed by atoms with Gasteiger partial charge in [-0.15, -0.1) is 0 Å². The predicted octanol–water partition coefficient (Wildman–Crippen LogP) is 2.24. The highest BCUT2D eigenvalue weighted by Gasteiger charge is 2.20. The van der Waals surface area contributed by atoms with Crippen molar-refractivity contribution in [3.8, 4) is 0 Å². The Kier molecular flexibility index (Phi) is 3.20. The van der Waals surface area contributed by atoms with Crippen molar-refractivity contribution >= 4 is 22.6 Å². The summed E-state index contributed by atoms with van der Waals surface area (Å²) in [5, 5.41) is 20.0. The largest absolute Gasteiger partial charge is 0.481 e. The number of fused-ring (bicyclic) bond motifs is 1. The van der Waals surface area contributed by atoms with E-state index in [0.29, 0.717) is 16.5 Å². The fourth-order valence-corrected chi connectivity index (χ4v) is 2.13. The summed E-state index contributed by atoms with van der Waals surface area (Å²) in [7, 11) is 1.63. The Morgan fingerprint density at radius 2 is 2.21 bits per heavy atom. The van der Waals surface area contributed by atoms with Gasteiger partial charge in [-0.05, 0) is 18.1 Å². The minimum Gasteiger partial charge on any atom is -0.481 e. The maximum absolute atomic E-state index is 13.3. The molecular formula is C12H11FN2O4. The number of carboxylic acids is 1. The molecule has 0 saturated carbocycles. The van der Waals surface area contributed by atoms with Crippen molar-refractivity contribution in [2.24, 2.45) is 7.05 Å². The average molecular weight is 266 g/mol. The number of halogens is 1. The highest BCUT2D eigenvalue weighted by atomic mass is 19.1. The van der Waals surface area contributed by atoms with E-state index in [-0.39, 0.29) is 18.5 Å². The Labute approximate surface area is 107 Å². The summed E-state index contributed by atoms with van der Waals surface area (Å²) in [5.41, 5.74) is 0.578. The Morgan fingerprint density at radius 3 is 2.79 bits per heavy atom. The van der Waals surface area contributed by atoms with Gasteiger partial charge in [0.1, 0.15) is 5.82 Å². The van der Waals surface area contributed by atoms with E-state index >= 15 is 0 Å². The van der Waals surface area contributed by atoms with E-state index in [1.807, 2.05) is 0 Å². The molecule has 2 rings (SSSR count). The number of aryl methyl sites for hydroxylation is 2. The maximum Gasteiger partial charge on any atom is 0.303 e. The van der Waals surface area contributed by atoms with Crippen molar-refractivity contribution in [1.29, 1.82) is 0 Å². The van der Waals surface area contributed by atoms with Crippen molar-refractivity contribution in [2.75, 3.05) is 0 Å². The molecule has 1 heterocycles. The number of hydrogen-bond acceptors (Lipinski definition) is 3. The second-order valence-corrected chi connectivity index (χ2v) is 4.24. The van der Waals surface area contributed by atoms with Crippen LogP contribution in [0.3, 0.4) is 0 Å². The van der Waals surface area contributed by atoms with Crippen molar-refractivity contribution in [2.45, 2.75) is 12.8 Å². The van der Waals surface area contributed by atoms with E-state index in [1.54, 1.807) is 17.8 Å². The lowest BCUT2D eigenvalue weighted by Gasteiger charge is -2.00. The molecule has 2 aromatic rings. The van der Waals surface area contributed by atoms with Crippen molar-refractivity contribution in [1.82, 2.24) is 4.57 Å². The van der Waals surface area contributed by atoms with Crippen LogP contribution in [0.2, 0.25) is 0 Å². The first-order valence-corrected chi connectivity index (χ1v) is 5.53. The van der Waals surface area contributed by atoms with Gasteiger partial charge >= 0.3 is 5.97 Å². The molecule has 1 N–H and O–H groups in total. The van der Waals surface area contributed by atoms with Crippen LogP contribution in [0, 0.1) is 15.9 Å². The lowest BCUT2D eigenvalue weighted by molar-refractivity contribution is -0.383. The third kappa shape index (κ3) is 2.40. The summed E-state index contributed by atoms with van der Waals surface area (Å²) in [4.78, 5) is 20.9. The van der Waals surface area contributed by atoms with Crippen molar-refractivity contribution in [3.05, 3.63) is 39.8 Å². The lowest BCUT2D eigenvalue weighted by atomic mass is 10.1. The summed E-state index contributed by atoms with van der Waals surface area (Å²) in [6, 6.07) is 2.05. The third-order valence-electron chi connectivity index (χ3n) is 2.92. The molecule has 0 spiro atoms. The molecule has 7 heteroatoms. The number of carboxylic acid groups (broad SMARTS) is 1. The number of carbonyl (C=O) groups is 1. The van der Waals surface area contributed by atoms with E-state index in [4.69, 9.17) is 5.11 Å². The van der Waals surface area contributed by atoms with Crippen LogP contribution < -0.4 is 0 Å². The summed E-state index contributed by atoms with van der Waals surface area (Å²) >= 11 is 0. The third-order valence-corrected chi connectivity index (χ3v) is 2.92. The Morgan fingerprint density at radius 1 is 1.53 bits per heavy atom. The molecule has 0 aliphatic rings. The van der Waals surface area contributed by atoms with Gasteiger partial charge < -0.3 is 9.67 Å². The molecule has 0 unspecified atom stereocenters. The van der Waals surface area contributed by atoms with Gasteiger partial charge in [0, 0.05) is 19.7 Å². The summed E-state index contributed by atoms with van der Waals surface area (Å²) < 4.78 is 14.9. The van der Waals surface area contributed by atoms with Gasteiger partial charge in [0.05, 0.1) is 21.9 Å². The quantitative estimate of drug-likeness (QED) is 0.679. The SMILES string of the molecule is Cn1cc(CCC(=O)O)c2c([N+](=O)[O-])cc(F)cc21. The van der Waals surface area contributed by atoms with Gasteiger partial charge in [0.25, 0.3) is 5.69 Å². The van der Waals surface area contributed by atoms with E-state index in [1.165, 1.54) is 6.07 Å². The number of nitrogens with zero attached hydrogens (tertiary/aromatic N) is 2. The molecule has 0 amide bonds. The van der Waals surface area contributed by atoms with E-state index in [0.717, 1.165) is 6.07 Å². The first-order valence-electron chi connectivity index (χ1n) is 5.53. The van der Waals surface area contributed by atoms with E-state index in [2.05, 4.69) is 0 Å². The molecule has 0 saturated heterocycles. The zero-order valence-electron chi connectivity index (χ0n) is 10.1. The van der Waals surface area contributed by atoms with Gasteiger partial charge in [-0.2, -0.15) is 0 Å². The molecule has 100 valence electrons. The zero-order chi connectivity index (χ0) is 14.2. The molecule has 0 bridgehead atoms. The zero-order valence-corrected chi connectivity index (χ0v) is 10.1. The molecule has 0 radical (unpaired) electrons. The fraction of sp³-hybridized carbons (Fsp3) is 0.250. The minimum atomic E-state index is -0.984. The summed E-state index contributed by atoms with van der Waals surface area (Å²) in [6.07, 6.45) is 1.63. The molecule has 0 fully saturated rings. The van der Waals surface area contributed by atoms with Crippen LogP contribution in [0.4, 0.5) is 10.1 Å². The number of aliphatic carboxylic acids is 1. The molecule has 0 atom stereocenters. The van der Waals surface area contributed by atoms with Crippen molar-refractivity contribution in [3.63, 3.8) is 0 Å². The van der Waals surface area contributed by atoms with Gasteiger partial charge in [0.15, 0.2) is 0 Å². The predicted molar refractivity (Wildman–Crippen MR) is 65.5 cm³/mol. The van der Waals surface area contributed by atoms with Crippen LogP contribution in [-0.4, -0.2) is 20.6 Å². The van der Waals surface area contributed by atoms with Crippen molar-refractivity contribution < 1.29 is 19.2 Å². The Hall–Kier alpha value is -2.44. The second-order valence-electron chi connectivity index (χ2n) is 4.24. The number of hydrogen-bond donors (Lipinski definition) is 1. The van der Waals surface area contributed by atoms with E-state index < -0.39 is 16.7 Å². The van der Waals surface area contributed by atoms with Crippen LogP contribution in [0.5, 0.6) is 0 Å². The second kappa shape index (κ2) is 4.68. The first-order chi connectivity index (χ1) is 8.90. The summed E-state index contributed by atoms with van der Waals surface area (Å²) in [5.74, 6) is -1.67. The molecular weight excluding hydrogens is 255 g/mol. The first kappa shape index (κ1) is 13.0. The number of rotatable bonds is 4. The lowest BCUT2D eigenvalue weighted by Crippen LogP contribution is -1.98. The maximum atomic E-state index is 13.3. The summed E-state index contributed by atoms with van der Waals surface area (Å²) in [6.45, 7) is 0. The van der Waals surface area contributed by atoms with Gasteiger partial charge in [-0.25, -0.2) is 4.39 Å². The highest BCUT2D eigenvalue weighted by molar-refractivity contribution is 5.92. The number of nitro groups is 1. The van der Waals surface area contributed by atoms with Crippen LogP contribution >= 0.6 is 0 Å². The van der Waals surface area contributed by atoms with Crippen LogP contribution in [0.15, 0.2) is 18.3 Å². The molecule has 6 nitrogen and oxygen atoms in total. The monoisotopic (exact) mass is 266 g/mol. The molecule has 1 aromatic heterocycles. The van der Waals surface area contributed by atoms with Gasteiger partial charge in [-0.3, -0.25) is 14.9 Å². The molecule has 1 aromatic carbocycles. The fourth-order valence-electron chi connectivity index (χ4n) is 2.13. The normalized spacial score (nSPS) is 10.8. The van der Waals surface area contributed by atoms with Gasteiger partial charge in [0.2, 0.25) is 0 Å². The smallest absolute Gasteiger partial charge is 0.303 e. The van der Waals surface area contributed by atoms with E-state index in [9.17, 15) is 19.3 Å². The number of aromatic nitrogens is 1. The average Bonchev–Trinajstić information content (AvgIpc) is 2.62. The molecule has 0 aliphatic carbocycles. The number of nitro benzene ring substituents is 1. The van der Waals surface area contributed by atoms with Crippen LogP contribution in [-0.2, 0) is 18.3 Å². The molecule has 0 aliphatic heterocycles. The van der Waals surface area contributed by atoms with Crippen LogP contribution in [0.1, 0.15) is 12.0 Å².